The zero-order valence-electron chi connectivity index (χ0n) is 10.3. The minimum Gasteiger partial charge on any atom is -0.339 e. The fourth-order valence-electron chi connectivity index (χ4n) is 2.38. The molecule has 3 heterocycles. The van der Waals surface area contributed by atoms with Crippen LogP contribution in [0, 0.1) is 5.92 Å². The number of hydrogen-bond acceptors (Lipinski definition) is 5. The highest BCUT2D eigenvalue weighted by molar-refractivity contribution is 5.51. The lowest BCUT2D eigenvalue weighted by Crippen LogP contribution is -2.33. The van der Waals surface area contributed by atoms with Gasteiger partial charge in [-0.25, -0.2) is 0 Å². The van der Waals surface area contributed by atoms with Gasteiger partial charge in [-0.2, -0.15) is 4.98 Å². The highest BCUT2D eigenvalue weighted by Gasteiger charge is 2.27. The Labute approximate surface area is 106 Å². The molecule has 2 aromatic heterocycles. The van der Waals surface area contributed by atoms with Gasteiger partial charge in [0.15, 0.2) is 0 Å². The maximum absolute atomic E-state index is 5.41. The summed E-state index contributed by atoms with van der Waals surface area (Å²) in [6, 6.07) is 3.81. The molecule has 2 aromatic rings. The van der Waals surface area contributed by atoms with Crippen LogP contribution in [0.4, 0.5) is 0 Å². The van der Waals surface area contributed by atoms with Crippen molar-refractivity contribution in [2.24, 2.45) is 5.92 Å². The summed E-state index contributed by atoms with van der Waals surface area (Å²) < 4.78 is 5.41. The third-order valence-corrected chi connectivity index (χ3v) is 3.46. The predicted octanol–water partition coefficient (Wildman–Crippen LogP) is 1.84. The van der Waals surface area contributed by atoms with Crippen LogP contribution in [0.5, 0.6) is 0 Å². The van der Waals surface area contributed by atoms with Crippen molar-refractivity contribution in [1.29, 1.82) is 0 Å². The molecule has 0 amide bonds. The van der Waals surface area contributed by atoms with Gasteiger partial charge in [0, 0.05) is 23.9 Å². The number of nitrogens with one attached hydrogen (secondary N) is 1. The van der Waals surface area contributed by atoms with E-state index in [1.807, 2.05) is 12.1 Å². The van der Waals surface area contributed by atoms with Crippen LogP contribution in [0.25, 0.3) is 11.4 Å². The molecule has 1 aliphatic heterocycles. The molecule has 0 spiro atoms. The SMILES string of the molecule is CC1CNCCC1c1nc(-c2cccnc2)no1. The number of hydrogen-bond donors (Lipinski definition) is 1. The Morgan fingerprint density at radius 3 is 3.17 bits per heavy atom. The molecule has 1 aliphatic rings. The van der Waals surface area contributed by atoms with E-state index >= 15 is 0 Å². The fraction of sp³-hybridized carbons (Fsp3) is 0.462. The van der Waals surface area contributed by atoms with Crippen molar-refractivity contribution in [3.63, 3.8) is 0 Å². The quantitative estimate of drug-likeness (QED) is 0.873. The molecule has 1 N–H and O–H groups in total. The van der Waals surface area contributed by atoms with Gasteiger partial charge >= 0.3 is 0 Å². The third-order valence-electron chi connectivity index (χ3n) is 3.46. The van der Waals surface area contributed by atoms with Crippen LogP contribution in [0.15, 0.2) is 29.0 Å². The topological polar surface area (TPSA) is 63.8 Å². The van der Waals surface area contributed by atoms with Gasteiger partial charge in [-0.15, -0.1) is 0 Å². The van der Waals surface area contributed by atoms with E-state index in [-0.39, 0.29) is 0 Å². The van der Waals surface area contributed by atoms with E-state index in [0.717, 1.165) is 31.0 Å². The Bertz CT molecular complexity index is 511. The van der Waals surface area contributed by atoms with Gasteiger partial charge in [0.05, 0.1) is 0 Å². The van der Waals surface area contributed by atoms with Crippen LogP contribution < -0.4 is 5.32 Å². The molecule has 3 rings (SSSR count). The Hall–Kier alpha value is -1.75. The summed E-state index contributed by atoms with van der Waals surface area (Å²) >= 11 is 0. The van der Waals surface area contributed by atoms with Crippen LogP contribution in [0.3, 0.4) is 0 Å². The van der Waals surface area contributed by atoms with Crippen LogP contribution in [0.1, 0.15) is 25.2 Å². The fourth-order valence-corrected chi connectivity index (χ4v) is 2.38. The second-order valence-corrected chi connectivity index (χ2v) is 4.77. The minimum atomic E-state index is 0.365. The lowest BCUT2D eigenvalue weighted by Gasteiger charge is -2.26. The summed E-state index contributed by atoms with van der Waals surface area (Å²) in [5, 5.41) is 7.42. The second-order valence-electron chi connectivity index (χ2n) is 4.77. The van der Waals surface area contributed by atoms with Crippen LogP contribution >= 0.6 is 0 Å². The van der Waals surface area contributed by atoms with E-state index in [2.05, 4.69) is 27.4 Å². The van der Waals surface area contributed by atoms with Crippen molar-refractivity contribution in [3.05, 3.63) is 30.4 Å². The van der Waals surface area contributed by atoms with Crippen molar-refractivity contribution >= 4 is 0 Å². The van der Waals surface area contributed by atoms with Crippen LogP contribution in [0.2, 0.25) is 0 Å². The second kappa shape index (κ2) is 4.86. The summed E-state index contributed by atoms with van der Waals surface area (Å²) in [5.41, 5.74) is 0.897. The van der Waals surface area contributed by atoms with Gasteiger partial charge < -0.3 is 9.84 Å². The number of nitrogens with zero attached hydrogens (tertiary/aromatic N) is 3. The van der Waals surface area contributed by atoms with Crippen molar-refractivity contribution < 1.29 is 4.52 Å². The first kappa shape index (κ1) is 11.3. The molecule has 94 valence electrons. The van der Waals surface area contributed by atoms with Gasteiger partial charge in [0.25, 0.3) is 0 Å². The molecule has 2 atom stereocenters. The van der Waals surface area contributed by atoms with Gasteiger partial charge in [0.2, 0.25) is 11.7 Å². The third kappa shape index (κ3) is 2.13. The first-order chi connectivity index (χ1) is 8.84. The van der Waals surface area contributed by atoms with Crippen molar-refractivity contribution in [2.75, 3.05) is 13.1 Å². The molecule has 0 saturated carbocycles. The maximum Gasteiger partial charge on any atom is 0.230 e. The van der Waals surface area contributed by atoms with Crippen molar-refractivity contribution in [3.8, 4) is 11.4 Å². The molecule has 0 radical (unpaired) electrons. The molecule has 0 aliphatic carbocycles. The average Bonchev–Trinajstić information content (AvgIpc) is 2.90. The summed E-state index contributed by atoms with van der Waals surface area (Å²) in [5.74, 6) is 2.27. The monoisotopic (exact) mass is 244 g/mol. The lowest BCUT2D eigenvalue weighted by molar-refractivity contribution is 0.270. The first-order valence-corrected chi connectivity index (χ1v) is 6.29. The van der Waals surface area contributed by atoms with Gasteiger partial charge in [-0.1, -0.05) is 12.1 Å². The lowest BCUT2D eigenvalue weighted by atomic mass is 9.88. The van der Waals surface area contributed by atoms with E-state index < -0.39 is 0 Å². The number of pyridine rings is 1. The number of piperidine rings is 1. The van der Waals surface area contributed by atoms with E-state index in [1.54, 1.807) is 12.4 Å². The largest absolute Gasteiger partial charge is 0.339 e. The molecule has 1 saturated heterocycles. The Balaban J connectivity index is 1.85. The average molecular weight is 244 g/mol. The molecule has 0 bridgehead atoms. The molecule has 2 unspecified atom stereocenters. The van der Waals surface area contributed by atoms with Crippen LogP contribution in [-0.2, 0) is 0 Å². The van der Waals surface area contributed by atoms with Gasteiger partial charge in [-0.3, -0.25) is 4.98 Å². The Morgan fingerprint density at radius 1 is 1.44 bits per heavy atom. The number of aromatic nitrogens is 3. The molecular formula is C13H16N4O. The molecule has 5 nitrogen and oxygen atoms in total. The van der Waals surface area contributed by atoms with Gasteiger partial charge in [-0.05, 0) is 37.6 Å². The predicted molar refractivity (Wildman–Crippen MR) is 66.9 cm³/mol. The normalized spacial score (nSPS) is 24.1. The highest BCUT2D eigenvalue weighted by atomic mass is 16.5. The smallest absolute Gasteiger partial charge is 0.230 e. The summed E-state index contributed by atoms with van der Waals surface area (Å²) in [4.78, 5) is 8.58. The molecule has 1 fully saturated rings. The van der Waals surface area contributed by atoms with E-state index in [4.69, 9.17) is 4.52 Å². The highest BCUT2D eigenvalue weighted by Crippen LogP contribution is 2.29. The van der Waals surface area contributed by atoms with Crippen molar-refractivity contribution in [2.45, 2.75) is 19.3 Å². The molecule has 5 heteroatoms. The molecule has 18 heavy (non-hydrogen) atoms. The molecule has 0 aromatic carbocycles. The minimum absolute atomic E-state index is 0.365. The first-order valence-electron chi connectivity index (χ1n) is 6.29. The van der Waals surface area contributed by atoms with Crippen molar-refractivity contribution in [1.82, 2.24) is 20.4 Å². The Morgan fingerprint density at radius 2 is 2.39 bits per heavy atom. The van der Waals surface area contributed by atoms with E-state index in [0.29, 0.717) is 17.7 Å². The van der Waals surface area contributed by atoms with Gasteiger partial charge in [0.1, 0.15) is 0 Å². The molecular weight excluding hydrogens is 228 g/mol. The maximum atomic E-state index is 5.41. The number of rotatable bonds is 2. The zero-order valence-corrected chi connectivity index (χ0v) is 10.3. The van der Waals surface area contributed by atoms with E-state index in [9.17, 15) is 0 Å². The summed E-state index contributed by atoms with van der Waals surface area (Å²) in [7, 11) is 0. The standard InChI is InChI=1S/C13H16N4O/c1-9-7-15-6-4-11(9)13-16-12(17-18-13)10-3-2-5-14-8-10/h2-3,5,8-9,11,15H,4,6-7H2,1H3. The van der Waals surface area contributed by atoms with Crippen LogP contribution in [-0.4, -0.2) is 28.2 Å². The summed E-state index contributed by atoms with van der Waals surface area (Å²) in [6.45, 7) is 4.24. The Kier molecular flexibility index (Phi) is 3.06. The zero-order chi connectivity index (χ0) is 12.4. The van der Waals surface area contributed by atoms with E-state index in [1.165, 1.54) is 0 Å². The summed E-state index contributed by atoms with van der Waals surface area (Å²) in [6.07, 6.45) is 4.54.